The molecule has 0 aliphatic carbocycles. The summed E-state index contributed by atoms with van der Waals surface area (Å²) in [6, 6.07) is 7.60. The van der Waals surface area contributed by atoms with Crippen molar-refractivity contribution in [2.75, 3.05) is 7.11 Å². The second-order valence-corrected chi connectivity index (χ2v) is 4.19. The first-order chi connectivity index (χ1) is 11.1. The van der Waals surface area contributed by atoms with E-state index in [1.807, 2.05) is 0 Å². The lowest BCUT2D eigenvalue weighted by atomic mass is 10.2. The van der Waals surface area contributed by atoms with Gasteiger partial charge in [0.25, 0.3) is 5.91 Å². The Labute approximate surface area is 130 Å². The number of amides is 1. The highest BCUT2D eigenvalue weighted by molar-refractivity contribution is 5.95. The van der Waals surface area contributed by atoms with E-state index in [0.29, 0.717) is 5.56 Å². The Hall–Kier alpha value is -3.03. The average Bonchev–Trinajstić information content (AvgIpc) is 2.56. The first-order valence-electron chi connectivity index (χ1n) is 6.47. The number of nitrogens with one attached hydrogen (secondary N) is 1. The molecule has 0 atom stereocenters. The van der Waals surface area contributed by atoms with Gasteiger partial charge in [0.2, 0.25) is 0 Å². The van der Waals surface area contributed by atoms with Gasteiger partial charge in [0.1, 0.15) is 0 Å². The molecule has 2 rings (SSSR count). The van der Waals surface area contributed by atoms with E-state index >= 15 is 0 Å². The van der Waals surface area contributed by atoms with Crippen LogP contribution in [0.3, 0.4) is 0 Å². The molecule has 1 N–H and O–H groups in total. The van der Waals surface area contributed by atoms with Crippen LogP contribution in [0.5, 0.6) is 11.5 Å². The molecule has 0 spiro atoms. The first kappa shape index (κ1) is 16.3. The molecule has 0 bridgehead atoms. The number of hydrogen-bond acceptors (Lipinski definition) is 5. The number of aromatic nitrogens is 1. The van der Waals surface area contributed by atoms with E-state index in [1.54, 1.807) is 6.07 Å². The van der Waals surface area contributed by atoms with Crippen LogP contribution >= 0.6 is 0 Å². The highest BCUT2D eigenvalue weighted by Crippen LogP contribution is 2.31. The van der Waals surface area contributed by atoms with Gasteiger partial charge in [0, 0.05) is 23.5 Å². The van der Waals surface area contributed by atoms with Crippen LogP contribution in [0.2, 0.25) is 0 Å². The third-order valence-corrected chi connectivity index (χ3v) is 2.75. The van der Waals surface area contributed by atoms with Crippen molar-refractivity contribution in [1.82, 2.24) is 10.4 Å². The Balaban J connectivity index is 2.14. The van der Waals surface area contributed by atoms with Crippen molar-refractivity contribution in [2.45, 2.75) is 6.61 Å². The average molecular weight is 321 g/mol. The molecule has 2 aromatic rings. The minimum absolute atomic E-state index is 0.134. The molecular formula is C15H13F2N3O3. The van der Waals surface area contributed by atoms with Gasteiger partial charge in [-0.15, -0.1) is 0 Å². The number of halogens is 2. The van der Waals surface area contributed by atoms with Crippen LogP contribution in [0.1, 0.15) is 15.9 Å². The molecule has 0 fully saturated rings. The zero-order valence-electron chi connectivity index (χ0n) is 12.1. The zero-order chi connectivity index (χ0) is 16.7. The summed E-state index contributed by atoms with van der Waals surface area (Å²) in [4.78, 5) is 15.6. The quantitative estimate of drug-likeness (QED) is 0.655. The number of carbonyl (C=O) groups is 1. The topological polar surface area (TPSA) is 72.8 Å². The number of hydrogen-bond donors (Lipinski definition) is 1. The number of ether oxygens (including phenoxy) is 2. The van der Waals surface area contributed by atoms with Crippen molar-refractivity contribution in [3.63, 3.8) is 0 Å². The molecule has 1 heterocycles. The second kappa shape index (κ2) is 7.83. The van der Waals surface area contributed by atoms with Gasteiger partial charge in [-0.3, -0.25) is 9.78 Å². The zero-order valence-corrected chi connectivity index (χ0v) is 12.1. The Bertz CT molecular complexity index is 694. The summed E-state index contributed by atoms with van der Waals surface area (Å²) in [5, 5.41) is 3.74. The monoisotopic (exact) mass is 321 g/mol. The van der Waals surface area contributed by atoms with Crippen LogP contribution < -0.4 is 14.9 Å². The fraction of sp³-hybridized carbons (Fsp3) is 0.133. The van der Waals surface area contributed by atoms with E-state index in [2.05, 4.69) is 20.2 Å². The molecule has 1 amide bonds. The molecule has 8 heteroatoms. The van der Waals surface area contributed by atoms with E-state index in [1.165, 1.54) is 50.0 Å². The maximum Gasteiger partial charge on any atom is 0.387 e. The number of alkyl halides is 2. The molecule has 0 saturated carbocycles. The number of hydrazone groups is 1. The van der Waals surface area contributed by atoms with Crippen molar-refractivity contribution in [2.24, 2.45) is 5.10 Å². The normalized spacial score (nSPS) is 10.8. The number of carbonyl (C=O) groups excluding carboxylic acids is 1. The van der Waals surface area contributed by atoms with E-state index in [-0.39, 0.29) is 17.1 Å². The highest BCUT2D eigenvalue weighted by atomic mass is 19.3. The molecule has 6 nitrogen and oxygen atoms in total. The van der Waals surface area contributed by atoms with Crippen molar-refractivity contribution >= 4 is 12.1 Å². The van der Waals surface area contributed by atoms with Crippen molar-refractivity contribution in [3.05, 3.63) is 53.9 Å². The van der Waals surface area contributed by atoms with Gasteiger partial charge in [0.15, 0.2) is 11.5 Å². The van der Waals surface area contributed by atoms with E-state index in [4.69, 9.17) is 4.74 Å². The van der Waals surface area contributed by atoms with Crippen LogP contribution in [0.15, 0.2) is 47.8 Å². The third kappa shape index (κ3) is 4.47. The minimum atomic E-state index is -3.01. The standard InChI is InChI=1S/C15H13F2N3O3/c1-22-12-4-2-3-11(13(12)23-15(16)17)9-19-20-14(21)10-5-7-18-8-6-10/h2-9,15H,1H3,(H,20,21)/b19-9-. The summed E-state index contributed by atoms with van der Waals surface area (Å²) >= 11 is 0. The number of methoxy groups -OCH3 is 1. The predicted molar refractivity (Wildman–Crippen MR) is 78.9 cm³/mol. The molecule has 23 heavy (non-hydrogen) atoms. The van der Waals surface area contributed by atoms with Gasteiger partial charge in [-0.05, 0) is 24.3 Å². The van der Waals surface area contributed by atoms with Gasteiger partial charge < -0.3 is 9.47 Å². The summed E-state index contributed by atoms with van der Waals surface area (Å²) in [7, 11) is 1.33. The number of pyridine rings is 1. The van der Waals surface area contributed by atoms with Crippen LogP contribution in [0, 0.1) is 0 Å². The molecule has 0 saturated heterocycles. The number of para-hydroxylation sites is 1. The second-order valence-electron chi connectivity index (χ2n) is 4.19. The number of benzene rings is 1. The summed E-state index contributed by atoms with van der Waals surface area (Å²) < 4.78 is 34.4. The number of rotatable bonds is 6. The van der Waals surface area contributed by atoms with E-state index < -0.39 is 12.5 Å². The lowest BCUT2D eigenvalue weighted by molar-refractivity contribution is -0.0513. The van der Waals surface area contributed by atoms with Crippen LogP contribution in [-0.2, 0) is 0 Å². The van der Waals surface area contributed by atoms with E-state index in [0.717, 1.165) is 0 Å². The Morgan fingerprint density at radius 2 is 2.04 bits per heavy atom. The Morgan fingerprint density at radius 1 is 1.30 bits per heavy atom. The molecule has 0 aliphatic heterocycles. The number of nitrogens with zero attached hydrogens (tertiary/aromatic N) is 2. The van der Waals surface area contributed by atoms with Crippen LogP contribution in [0.4, 0.5) is 8.78 Å². The first-order valence-corrected chi connectivity index (χ1v) is 6.47. The van der Waals surface area contributed by atoms with E-state index in [9.17, 15) is 13.6 Å². The lowest BCUT2D eigenvalue weighted by Crippen LogP contribution is -2.17. The Morgan fingerprint density at radius 3 is 2.70 bits per heavy atom. The molecule has 1 aromatic carbocycles. The van der Waals surface area contributed by atoms with Gasteiger partial charge in [-0.2, -0.15) is 13.9 Å². The summed E-state index contributed by atoms with van der Waals surface area (Å²) in [5.74, 6) is -0.482. The molecule has 0 radical (unpaired) electrons. The van der Waals surface area contributed by atoms with Crippen molar-refractivity contribution < 1.29 is 23.0 Å². The van der Waals surface area contributed by atoms with Crippen LogP contribution in [-0.4, -0.2) is 30.8 Å². The highest BCUT2D eigenvalue weighted by Gasteiger charge is 2.14. The molecule has 1 aromatic heterocycles. The third-order valence-electron chi connectivity index (χ3n) is 2.75. The smallest absolute Gasteiger partial charge is 0.387 e. The molecule has 0 unspecified atom stereocenters. The Kier molecular flexibility index (Phi) is 5.56. The molecular weight excluding hydrogens is 308 g/mol. The molecule has 120 valence electrons. The largest absolute Gasteiger partial charge is 0.493 e. The summed E-state index contributed by atoms with van der Waals surface area (Å²) in [6.45, 7) is -3.01. The maximum atomic E-state index is 12.5. The van der Waals surface area contributed by atoms with Crippen molar-refractivity contribution in [1.29, 1.82) is 0 Å². The van der Waals surface area contributed by atoms with Crippen molar-refractivity contribution in [3.8, 4) is 11.5 Å². The SMILES string of the molecule is COc1cccc(/C=N\NC(=O)c2ccncc2)c1OC(F)F. The predicted octanol–water partition coefficient (Wildman–Crippen LogP) is 2.46. The van der Waals surface area contributed by atoms with Gasteiger partial charge in [-0.1, -0.05) is 6.07 Å². The summed E-state index contributed by atoms with van der Waals surface area (Å²) in [5.41, 5.74) is 2.89. The van der Waals surface area contributed by atoms with Gasteiger partial charge in [0.05, 0.1) is 13.3 Å². The summed E-state index contributed by atoms with van der Waals surface area (Å²) in [6.07, 6.45) is 4.13. The fourth-order valence-corrected chi connectivity index (χ4v) is 1.74. The maximum absolute atomic E-state index is 12.5. The van der Waals surface area contributed by atoms with Crippen LogP contribution in [0.25, 0.3) is 0 Å². The fourth-order valence-electron chi connectivity index (χ4n) is 1.74. The molecule has 0 aliphatic rings. The van der Waals surface area contributed by atoms with Gasteiger partial charge >= 0.3 is 6.61 Å². The lowest BCUT2D eigenvalue weighted by Gasteiger charge is -2.11. The van der Waals surface area contributed by atoms with Gasteiger partial charge in [-0.25, -0.2) is 5.43 Å². The minimum Gasteiger partial charge on any atom is -0.493 e.